The highest BCUT2D eigenvalue weighted by Gasteiger charge is 2.24. The van der Waals surface area contributed by atoms with Crippen molar-refractivity contribution in [3.05, 3.63) is 58.1 Å². The Hall–Kier alpha value is -1.89. The van der Waals surface area contributed by atoms with Crippen molar-refractivity contribution in [2.75, 3.05) is 12.4 Å². The second-order valence-electron chi connectivity index (χ2n) is 6.86. The molecular formula is C21H27ClN2O3S. The lowest BCUT2D eigenvalue weighted by Crippen LogP contribution is -2.33. The van der Waals surface area contributed by atoms with E-state index in [1.807, 2.05) is 26.0 Å². The van der Waals surface area contributed by atoms with Crippen LogP contribution in [0.15, 0.2) is 41.3 Å². The summed E-state index contributed by atoms with van der Waals surface area (Å²) in [5.74, 6) is -0.365. The summed E-state index contributed by atoms with van der Waals surface area (Å²) in [7, 11) is -2.14. The molecule has 28 heavy (non-hydrogen) atoms. The molecule has 0 saturated heterocycles. The summed E-state index contributed by atoms with van der Waals surface area (Å²) in [6.07, 6.45) is 1.42. The number of benzene rings is 2. The molecule has 0 atom stereocenters. The number of nitrogens with zero attached hydrogens (tertiary/aromatic N) is 1. The molecule has 5 nitrogen and oxygen atoms in total. The Kier molecular flexibility index (Phi) is 7.26. The number of rotatable bonds is 7. The largest absolute Gasteiger partial charge is 0.321 e. The van der Waals surface area contributed by atoms with Gasteiger partial charge in [0.05, 0.1) is 4.90 Å². The van der Waals surface area contributed by atoms with Crippen LogP contribution in [0.1, 0.15) is 49.2 Å². The third-order valence-electron chi connectivity index (χ3n) is 4.82. The first kappa shape index (κ1) is 22.4. The van der Waals surface area contributed by atoms with Crippen molar-refractivity contribution in [1.29, 1.82) is 0 Å². The zero-order chi connectivity index (χ0) is 21.1. The van der Waals surface area contributed by atoms with E-state index in [2.05, 4.69) is 5.32 Å². The van der Waals surface area contributed by atoms with E-state index in [0.717, 1.165) is 17.5 Å². The third kappa shape index (κ3) is 4.57. The highest BCUT2D eigenvalue weighted by molar-refractivity contribution is 7.89. The molecular weight excluding hydrogens is 396 g/mol. The lowest BCUT2D eigenvalue weighted by Gasteiger charge is -2.21. The van der Waals surface area contributed by atoms with Gasteiger partial charge in [0.25, 0.3) is 5.91 Å². The average molecular weight is 423 g/mol. The fourth-order valence-electron chi connectivity index (χ4n) is 2.89. The summed E-state index contributed by atoms with van der Waals surface area (Å²) < 4.78 is 26.7. The van der Waals surface area contributed by atoms with Gasteiger partial charge in [-0.1, -0.05) is 37.6 Å². The molecule has 7 heteroatoms. The van der Waals surface area contributed by atoms with Crippen molar-refractivity contribution >= 4 is 33.2 Å². The Bertz CT molecular complexity index is 972. The Morgan fingerprint density at radius 1 is 1.14 bits per heavy atom. The van der Waals surface area contributed by atoms with Crippen LogP contribution in [-0.4, -0.2) is 31.7 Å². The molecule has 0 bridgehead atoms. The third-order valence-corrected chi connectivity index (χ3v) is 7.20. The Labute approximate surface area is 172 Å². The summed E-state index contributed by atoms with van der Waals surface area (Å²) in [6.45, 7) is 7.58. The minimum absolute atomic E-state index is 0.0916. The predicted octanol–water partition coefficient (Wildman–Crippen LogP) is 4.75. The van der Waals surface area contributed by atoms with Crippen LogP contribution in [0.25, 0.3) is 0 Å². The number of aryl methyl sites for hydroxylation is 1. The van der Waals surface area contributed by atoms with Crippen molar-refractivity contribution in [3.63, 3.8) is 0 Å². The second kappa shape index (κ2) is 9.07. The van der Waals surface area contributed by atoms with Crippen LogP contribution in [0.2, 0.25) is 5.02 Å². The maximum Gasteiger partial charge on any atom is 0.255 e. The quantitative estimate of drug-likeness (QED) is 0.700. The van der Waals surface area contributed by atoms with Crippen LogP contribution < -0.4 is 5.32 Å². The summed E-state index contributed by atoms with van der Waals surface area (Å²) in [6, 6.07) is 9.64. The van der Waals surface area contributed by atoms with Crippen LogP contribution >= 0.6 is 11.6 Å². The van der Waals surface area contributed by atoms with E-state index < -0.39 is 10.0 Å². The van der Waals surface area contributed by atoms with E-state index in [1.54, 1.807) is 26.0 Å². The summed E-state index contributed by atoms with van der Waals surface area (Å²) in [5.41, 5.74) is 2.84. The number of hydrogen-bond acceptors (Lipinski definition) is 3. The molecule has 1 N–H and O–H groups in total. The Morgan fingerprint density at radius 3 is 2.39 bits per heavy atom. The molecule has 2 rings (SSSR count). The fraction of sp³-hybridized carbons (Fsp3) is 0.381. The predicted molar refractivity (Wildman–Crippen MR) is 115 cm³/mol. The van der Waals surface area contributed by atoms with Gasteiger partial charge in [-0.2, -0.15) is 4.31 Å². The summed E-state index contributed by atoms with van der Waals surface area (Å²) in [4.78, 5) is 13.0. The number of carbonyl (C=O) groups is 1. The van der Waals surface area contributed by atoms with E-state index in [0.29, 0.717) is 17.1 Å². The lowest BCUT2D eigenvalue weighted by atomic mass is 10.0. The topological polar surface area (TPSA) is 66.5 Å². The Balaban J connectivity index is 2.42. The smallest absolute Gasteiger partial charge is 0.255 e. The normalized spacial score (nSPS) is 11.9. The van der Waals surface area contributed by atoms with Crippen LogP contribution in [0, 0.1) is 0 Å². The van der Waals surface area contributed by atoms with E-state index in [-0.39, 0.29) is 22.4 Å². The van der Waals surface area contributed by atoms with Gasteiger partial charge < -0.3 is 5.32 Å². The molecule has 0 saturated carbocycles. The minimum Gasteiger partial charge on any atom is -0.321 e. The molecule has 0 aromatic heterocycles. The molecule has 0 heterocycles. The number of anilines is 1. The number of halogens is 1. The molecule has 1 amide bonds. The molecule has 0 aliphatic heterocycles. The number of nitrogens with one attached hydrogen (secondary N) is 1. The van der Waals surface area contributed by atoms with Crippen LogP contribution in [0.4, 0.5) is 5.69 Å². The molecule has 0 aliphatic carbocycles. The highest BCUT2D eigenvalue weighted by atomic mass is 35.5. The Morgan fingerprint density at radius 2 is 1.82 bits per heavy atom. The number of sulfonamides is 1. The first-order valence-electron chi connectivity index (χ1n) is 9.33. The molecule has 0 unspecified atom stereocenters. The molecule has 0 spiro atoms. The van der Waals surface area contributed by atoms with Crippen molar-refractivity contribution < 1.29 is 13.2 Å². The van der Waals surface area contributed by atoms with E-state index in [4.69, 9.17) is 11.6 Å². The lowest BCUT2D eigenvalue weighted by molar-refractivity contribution is 0.102. The van der Waals surface area contributed by atoms with Crippen LogP contribution in [-0.2, 0) is 22.9 Å². The standard InChI is InChI=1S/C21H27ClN2O3S/c1-6-15-11-12-19(22)18(7-2)20(15)23-21(25)16-9-8-10-17(13-16)28(26,27)24(5)14(3)4/h8-14H,6-7H2,1-5H3,(H,23,25). The highest BCUT2D eigenvalue weighted by Crippen LogP contribution is 2.30. The van der Waals surface area contributed by atoms with Gasteiger partial charge in [-0.15, -0.1) is 0 Å². The van der Waals surface area contributed by atoms with E-state index in [1.165, 1.54) is 23.5 Å². The fourth-order valence-corrected chi connectivity index (χ4v) is 4.60. The second-order valence-corrected chi connectivity index (χ2v) is 9.27. The molecule has 2 aromatic carbocycles. The molecule has 0 aliphatic rings. The zero-order valence-electron chi connectivity index (χ0n) is 16.9. The van der Waals surface area contributed by atoms with Crippen LogP contribution in [0.3, 0.4) is 0 Å². The van der Waals surface area contributed by atoms with Gasteiger partial charge in [-0.3, -0.25) is 4.79 Å². The van der Waals surface area contributed by atoms with Gasteiger partial charge in [-0.05, 0) is 62.1 Å². The minimum atomic E-state index is -3.67. The van der Waals surface area contributed by atoms with Crippen molar-refractivity contribution in [2.24, 2.45) is 0 Å². The maximum atomic E-state index is 12.9. The summed E-state index contributed by atoms with van der Waals surface area (Å²) >= 11 is 6.30. The monoisotopic (exact) mass is 422 g/mol. The zero-order valence-corrected chi connectivity index (χ0v) is 18.5. The van der Waals surface area contributed by atoms with Gasteiger partial charge in [0.2, 0.25) is 10.0 Å². The average Bonchev–Trinajstić information content (AvgIpc) is 2.67. The first-order chi connectivity index (χ1) is 13.1. The number of amides is 1. The van der Waals surface area contributed by atoms with Crippen molar-refractivity contribution in [3.8, 4) is 0 Å². The van der Waals surface area contributed by atoms with Gasteiger partial charge in [0.15, 0.2) is 0 Å². The maximum absolute atomic E-state index is 12.9. The SMILES string of the molecule is CCc1ccc(Cl)c(CC)c1NC(=O)c1cccc(S(=O)(=O)N(C)C(C)C)c1. The van der Waals surface area contributed by atoms with Gasteiger partial charge in [-0.25, -0.2) is 8.42 Å². The van der Waals surface area contributed by atoms with Gasteiger partial charge in [0, 0.05) is 29.4 Å². The summed E-state index contributed by atoms with van der Waals surface area (Å²) in [5, 5.41) is 3.54. The molecule has 152 valence electrons. The van der Waals surface area contributed by atoms with Crippen molar-refractivity contribution in [1.82, 2.24) is 4.31 Å². The van der Waals surface area contributed by atoms with Gasteiger partial charge in [0.1, 0.15) is 0 Å². The molecule has 0 radical (unpaired) electrons. The number of carbonyl (C=O) groups excluding carboxylic acids is 1. The molecule has 0 fully saturated rings. The number of hydrogen-bond donors (Lipinski definition) is 1. The van der Waals surface area contributed by atoms with E-state index in [9.17, 15) is 13.2 Å². The first-order valence-corrected chi connectivity index (χ1v) is 11.1. The van der Waals surface area contributed by atoms with Gasteiger partial charge >= 0.3 is 0 Å². The van der Waals surface area contributed by atoms with E-state index >= 15 is 0 Å². The van der Waals surface area contributed by atoms with Crippen LogP contribution in [0.5, 0.6) is 0 Å². The molecule has 2 aromatic rings. The van der Waals surface area contributed by atoms with Crippen molar-refractivity contribution in [2.45, 2.75) is 51.5 Å².